The lowest BCUT2D eigenvalue weighted by Gasteiger charge is -2.21. The predicted octanol–water partition coefficient (Wildman–Crippen LogP) is 2.26. The molecule has 0 amide bonds. The van der Waals surface area contributed by atoms with Crippen molar-refractivity contribution in [3.05, 3.63) is 0 Å². The maximum atomic E-state index is 8.87. The lowest BCUT2D eigenvalue weighted by molar-refractivity contribution is -0.0904. The molecule has 0 saturated heterocycles. The normalized spacial score (nSPS) is 17.7. The van der Waals surface area contributed by atoms with Crippen molar-refractivity contribution in [1.82, 2.24) is 0 Å². The molecule has 1 N–H and O–H groups in total. The molecule has 21 heavy (non-hydrogen) atoms. The Labute approximate surface area is 129 Å². The van der Waals surface area contributed by atoms with E-state index < -0.39 is 0 Å². The Bertz CT molecular complexity index is 235. The molecule has 0 bridgehead atoms. The van der Waals surface area contributed by atoms with Crippen molar-refractivity contribution in [1.29, 1.82) is 0 Å². The third kappa shape index (κ3) is 13.2. The Kier molecular flexibility index (Phi) is 12.2. The Balaban J connectivity index is 3.62. The van der Waals surface area contributed by atoms with Crippen LogP contribution in [0.1, 0.15) is 41.5 Å². The predicted molar refractivity (Wildman–Crippen MR) is 83.6 cm³/mol. The molecule has 0 aromatic rings. The number of hydrogen-bond donors (Lipinski definition) is 1. The molecule has 0 saturated carbocycles. The number of hydrogen-bond acceptors (Lipinski definition) is 5. The highest BCUT2D eigenvalue weighted by Crippen LogP contribution is 2.03. The molecule has 0 radical (unpaired) electrons. The van der Waals surface area contributed by atoms with Crippen molar-refractivity contribution in [3.8, 4) is 0 Å². The van der Waals surface area contributed by atoms with Crippen LogP contribution < -0.4 is 0 Å². The second kappa shape index (κ2) is 12.4. The molecular weight excluding hydrogens is 272 g/mol. The van der Waals surface area contributed by atoms with Gasteiger partial charge in [0.25, 0.3) is 0 Å². The van der Waals surface area contributed by atoms with E-state index >= 15 is 0 Å². The van der Waals surface area contributed by atoms with Crippen LogP contribution in [0.25, 0.3) is 0 Å². The van der Waals surface area contributed by atoms with Gasteiger partial charge in [-0.05, 0) is 33.6 Å². The Morgan fingerprint density at radius 3 is 1.24 bits per heavy atom. The summed E-state index contributed by atoms with van der Waals surface area (Å²) in [5.74, 6) is 0.537. The van der Waals surface area contributed by atoms with Crippen LogP contribution >= 0.6 is 0 Å². The molecule has 0 spiro atoms. The van der Waals surface area contributed by atoms with Gasteiger partial charge in [0.2, 0.25) is 0 Å². The fraction of sp³-hybridized carbons (Fsp3) is 1.00. The van der Waals surface area contributed by atoms with E-state index in [1.165, 1.54) is 0 Å². The van der Waals surface area contributed by atoms with Crippen LogP contribution in [-0.4, -0.2) is 62.6 Å². The van der Waals surface area contributed by atoms with Gasteiger partial charge in [-0.25, -0.2) is 0 Å². The van der Waals surface area contributed by atoms with Crippen LogP contribution in [0.3, 0.4) is 0 Å². The first-order chi connectivity index (χ1) is 9.85. The van der Waals surface area contributed by atoms with Gasteiger partial charge in [0, 0.05) is 6.61 Å². The zero-order valence-corrected chi connectivity index (χ0v) is 14.5. The van der Waals surface area contributed by atoms with Crippen LogP contribution in [0.2, 0.25) is 0 Å². The zero-order chi connectivity index (χ0) is 16.3. The SMILES string of the molecule is CC(C)COC(C)COC(C)COC(C)COC(C)CO. The van der Waals surface area contributed by atoms with Gasteiger partial charge in [-0.1, -0.05) is 13.8 Å². The van der Waals surface area contributed by atoms with Gasteiger partial charge >= 0.3 is 0 Å². The molecule has 4 atom stereocenters. The van der Waals surface area contributed by atoms with Gasteiger partial charge in [-0.3, -0.25) is 0 Å². The fourth-order valence-electron chi connectivity index (χ4n) is 1.45. The highest BCUT2D eigenvalue weighted by atomic mass is 16.6. The minimum Gasteiger partial charge on any atom is -0.394 e. The lowest BCUT2D eigenvalue weighted by atomic mass is 10.2. The summed E-state index contributed by atoms with van der Waals surface area (Å²) < 4.78 is 22.4. The molecule has 0 aliphatic rings. The molecule has 0 aliphatic carbocycles. The van der Waals surface area contributed by atoms with E-state index in [2.05, 4.69) is 13.8 Å². The van der Waals surface area contributed by atoms with Gasteiger partial charge in [0.05, 0.1) is 50.8 Å². The van der Waals surface area contributed by atoms with Crippen LogP contribution in [0.5, 0.6) is 0 Å². The summed E-state index contributed by atoms with van der Waals surface area (Å²) in [6.07, 6.45) is -0.0443. The van der Waals surface area contributed by atoms with Crippen molar-refractivity contribution < 1.29 is 24.1 Å². The zero-order valence-electron chi connectivity index (χ0n) is 14.5. The Morgan fingerprint density at radius 2 is 0.905 bits per heavy atom. The summed E-state index contributed by atoms with van der Waals surface area (Å²) in [5.41, 5.74) is 0. The summed E-state index contributed by atoms with van der Waals surface area (Å²) >= 11 is 0. The minimum absolute atomic E-state index is 0.0142. The summed E-state index contributed by atoms with van der Waals surface area (Å²) in [7, 11) is 0. The third-order valence-corrected chi connectivity index (χ3v) is 2.82. The first kappa shape index (κ1) is 20.8. The van der Waals surface area contributed by atoms with Crippen LogP contribution in [-0.2, 0) is 18.9 Å². The van der Waals surface area contributed by atoms with Gasteiger partial charge in [-0.2, -0.15) is 0 Å². The molecular formula is C16H34O5. The molecule has 0 aromatic carbocycles. The third-order valence-electron chi connectivity index (χ3n) is 2.82. The molecule has 0 rings (SSSR count). The van der Waals surface area contributed by atoms with E-state index in [0.717, 1.165) is 6.61 Å². The topological polar surface area (TPSA) is 57.2 Å². The highest BCUT2D eigenvalue weighted by molar-refractivity contribution is 4.56. The van der Waals surface area contributed by atoms with Crippen molar-refractivity contribution >= 4 is 0 Å². The second-order valence-electron chi connectivity index (χ2n) is 6.15. The molecule has 0 aromatic heterocycles. The molecule has 0 aliphatic heterocycles. The maximum absolute atomic E-state index is 8.87. The summed E-state index contributed by atoms with van der Waals surface area (Å²) in [6.45, 7) is 14.4. The average molecular weight is 306 g/mol. The first-order valence-corrected chi connectivity index (χ1v) is 7.92. The fourth-order valence-corrected chi connectivity index (χ4v) is 1.45. The highest BCUT2D eigenvalue weighted by Gasteiger charge is 2.11. The van der Waals surface area contributed by atoms with E-state index in [-0.39, 0.29) is 31.0 Å². The summed E-state index contributed by atoms with van der Waals surface area (Å²) in [4.78, 5) is 0. The van der Waals surface area contributed by atoms with E-state index in [1.54, 1.807) is 0 Å². The van der Waals surface area contributed by atoms with Crippen molar-refractivity contribution in [2.45, 2.75) is 66.0 Å². The molecule has 5 heteroatoms. The monoisotopic (exact) mass is 306 g/mol. The van der Waals surface area contributed by atoms with Crippen molar-refractivity contribution in [3.63, 3.8) is 0 Å². The summed E-state index contributed by atoms with van der Waals surface area (Å²) in [6, 6.07) is 0. The molecule has 128 valence electrons. The van der Waals surface area contributed by atoms with Crippen LogP contribution in [0, 0.1) is 5.92 Å². The molecule has 5 nitrogen and oxygen atoms in total. The number of aliphatic hydroxyl groups is 1. The second-order valence-corrected chi connectivity index (χ2v) is 6.15. The van der Waals surface area contributed by atoms with E-state index in [9.17, 15) is 0 Å². The van der Waals surface area contributed by atoms with E-state index in [1.807, 2.05) is 27.7 Å². The number of rotatable bonds is 13. The maximum Gasteiger partial charge on any atom is 0.0781 e. The smallest absolute Gasteiger partial charge is 0.0781 e. The van der Waals surface area contributed by atoms with Gasteiger partial charge in [0.1, 0.15) is 0 Å². The quantitative estimate of drug-likeness (QED) is 0.565. The molecule has 0 heterocycles. The van der Waals surface area contributed by atoms with Crippen LogP contribution in [0.4, 0.5) is 0 Å². The lowest BCUT2D eigenvalue weighted by Crippen LogP contribution is -2.28. The number of aliphatic hydroxyl groups excluding tert-OH is 1. The van der Waals surface area contributed by atoms with Gasteiger partial charge in [0.15, 0.2) is 0 Å². The average Bonchev–Trinajstić information content (AvgIpc) is 2.45. The number of ether oxygens (including phenoxy) is 4. The van der Waals surface area contributed by atoms with E-state index in [4.69, 9.17) is 24.1 Å². The largest absolute Gasteiger partial charge is 0.394 e. The van der Waals surface area contributed by atoms with Gasteiger partial charge < -0.3 is 24.1 Å². The standard InChI is InChI=1S/C16H34O5/c1-12(2)8-18-14(4)10-20-16(6)11-21-15(5)9-19-13(3)7-17/h12-17H,7-11H2,1-6H3. The first-order valence-electron chi connectivity index (χ1n) is 7.92. The van der Waals surface area contributed by atoms with Gasteiger partial charge in [-0.15, -0.1) is 0 Å². The minimum atomic E-state index is -0.149. The molecule has 0 fully saturated rings. The van der Waals surface area contributed by atoms with Crippen molar-refractivity contribution in [2.24, 2.45) is 5.92 Å². The Morgan fingerprint density at radius 1 is 0.571 bits per heavy atom. The Hall–Kier alpha value is -0.200. The molecule has 4 unspecified atom stereocenters. The van der Waals surface area contributed by atoms with Crippen molar-refractivity contribution in [2.75, 3.05) is 33.0 Å². The van der Waals surface area contributed by atoms with Crippen LogP contribution in [0.15, 0.2) is 0 Å². The van der Waals surface area contributed by atoms with E-state index in [0.29, 0.717) is 25.7 Å². The summed E-state index contributed by atoms with van der Waals surface area (Å²) in [5, 5.41) is 8.87.